The van der Waals surface area contributed by atoms with E-state index >= 15 is 0 Å². The van der Waals surface area contributed by atoms with Crippen molar-refractivity contribution in [3.8, 4) is 0 Å². The summed E-state index contributed by atoms with van der Waals surface area (Å²) >= 11 is 1.45. The number of thioether (sulfide) groups is 1. The van der Waals surface area contributed by atoms with Gasteiger partial charge in [0.05, 0.1) is 12.4 Å². The molecule has 1 aliphatic rings. The lowest BCUT2D eigenvalue weighted by atomic mass is 10.3. The van der Waals surface area contributed by atoms with Gasteiger partial charge in [-0.1, -0.05) is 16.6 Å². The lowest BCUT2D eigenvalue weighted by Crippen LogP contribution is -2.29. The van der Waals surface area contributed by atoms with Crippen molar-refractivity contribution >= 4 is 27.5 Å². The molecule has 0 bridgehead atoms. The number of hydroxylamine groups is 1. The third-order valence-electron chi connectivity index (χ3n) is 2.55. The number of benzene rings is 1. The largest absolute Gasteiger partial charge is 0.398 e. The SMILES string of the molecule is Nc1ccccc1SCCS(=O)(=O)N1CCCO1. The Balaban J connectivity index is 1.87. The number of nitrogen functional groups attached to an aromatic ring is 1. The van der Waals surface area contributed by atoms with Crippen molar-refractivity contribution in [2.24, 2.45) is 0 Å². The molecule has 0 aliphatic carbocycles. The summed E-state index contributed by atoms with van der Waals surface area (Å²) in [5.74, 6) is 0.530. The second-order valence-corrected chi connectivity index (χ2v) is 7.03. The van der Waals surface area contributed by atoms with Gasteiger partial charge in [-0.2, -0.15) is 0 Å². The van der Waals surface area contributed by atoms with Crippen molar-refractivity contribution < 1.29 is 13.3 Å². The molecular formula is C11H16N2O3S2. The van der Waals surface area contributed by atoms with Crippen LogP contribution < -0.4 is 5.73 Å². The molecule has 1 aromatic carbocycles. The molecule has 2 rings (SSSR count). The van der Waals surface area contributed by atoms with Gasteiger partial charge in [-0.05, 0) is 18.6 Å². The van der Waals surface area contributed by atoms with Crippen molar-refractivity contribution in [1.82, 2.24) is 4.47 Å². The van der Waals surface area contributed by atoms with E-state index in [-0.39, 0.29) is 5.75 Å². The summed E-state index contributed by atoms with van der Waals surface area (Å²) in [4.78, 5) is 5.97. The molecule has 0 saturated carbocycles. The molecule has 1 aliphatic heterocycles. The zero-order chi connectivity index (χ0) is 13.0. The molecule has 0 atom stereocenters. The zero-order valence-corrected chi connectivity index (χ0v) is 11.5. The van der Waals surface area contributed by atoms with Gasteiger partial charge in [0.1, 0.15) is 0 Å². The van der Waals surface area contributed by atoms with Crippen molar-refractivity contribution in [2.75, 3.05) is 30.4 Å². The highest BCUT2D eigenvalue weighted by atomic mass is 32.2. The first-order chi connectivity index (χ1) is 8.59. The van der Waals surface area contributed by atoms with E-state index < -0.39 is 10.0 Å². The van der Waals surface area contributed by atoms with Crippen LogP contribution in [0.4, 0.5) is 5.69 Å². The number of hydrogen-bond acceptors (Lipinski definition) is 5. The molecule has 1 heterocycles. The van der Waals surface area contributed by atoms with Gasteiger partial charge in [-0.15, -0.1) is 11.8 Å². The van der Waals surface area contributed by atoms with E-state index in [2.05, 4.69) is 0 Å². The highest BCUT2D eigenvalue weighted by molar-refractivity contribution is 8.00. The van der Waals surface area contributed by atoms with Crippen molar-refractivity contribution in [1.29, 1.82) is 0 Å². The molecule has 18 heavy (non-hydrogen) atoms. The van der Waals surface area contributed by atoms with Gasteiger partial charge in [0.15, 0.2) is 0 Å². The minimum Gasteiger partial charge on any atom is -0.398 e. The van der Waals surface area contributed by atoms with E-state index in [1.54, 1.807) is 6.07 Å². The average molecular weight is 288 g/mol. The van der Waals surface area contributed by atoms with Crippen molar-refractivity contribution in [2.45, 2.75) is 11.3 Å². The smallest absolute Gasteiger partial charge is 0.236 e. The topological polar surface area (TPSA) is 72.6 Å². The summed E-state index contributed by atoms with van der Waals surface area (Å²) in [7, 11) is -3.29. The van der Waals surface area contributed by atoms with Crippen LogP contribution in [0.5, 0.6) is 0 Å². The molecule has 0 unspecified atom stereocenters. The zero-order valence-electron chi connectivity index (χ0n) is 9.91. The molecule has 1 fully saturated rings. The van der Waals surface area contributed by atoms with E-state index in [9.17, 15) is 8.42 Å². The number of sulfonamides is 1. The lowest BCUT2D eigenvalue weighted by molar-refractivity contribution is -0.0282. The normalized spacial score (nSPS) is 17.1. The highest BCUT2D eigenvalue weighted by Gasteiger charge is 2.26. The number of para-hydroxylation sites is 1. The van der Waals surface area contributed by atoms with Gasteiger partial charge in [-0.25, -0.2) is 8.42 Å². The summed E-state index contributed by atoms with van der Waals surface area (Å²) in [5, 5.41) is 0. The van der Waals surface area contributed by atoms with Crippen LogP contribution in [0.2, 0.25) is 0 Å². The number of nitrogens with zero attached hydrogens (tertiary/aromatic N) is 1. The molecule has 1 aromatic rings. The van der Waals surface area contributed by atoms with Gasteiger partial charge in [0.2, 0.25) is 10.0 Å². The first-order valence-corrected chi connectivity index (χ1v) is 8.30. The standard InChI is InChI=1S/C11H16N2O3S2/c12-10-4-1-2-5-11(10)17-8-9-18(14,15)13-6-3-7-16-13/h1-2,4-5H,3,6-9,12H2. The van der Waals surface area contributed by atoms with Gasteiger partial charge >= 0.3 is 0 Å². The molecule has 100 valence electrons. The maximum Gasteiger partial charge on any atom is 0.236 e. The second kappa shape index (κ2) is 5.92. The van der Waals surface area contributed by atoms with Crippen LogP contribution in [0.3, 0.4) is 0 Å². The minimum atomic E-state index is -3.29. The van der Waals surface area contributed by atoms with Gasteiger partial charge in [0.25, 0.3) is 0 Å². The van der Waals surface area contributed by atoms with Crippen molar-refractivity contribution in [3.63, 3.8) is 0 Å². The molecule has 5 nitrogen and oxygen atoms in total. The molecule has 2 N–H and O–H groups in total. The van der Waals surface area contributed by atoms with Crippen LogP contribution in [-0.4, -0.2) is 37.5 Å². The van der Waals surface area contributed by atoms with Crippen LogP contribution >= 0.6 is 11.8 Å². The minimum absolute atomic E-state index is 0.0615. The Morgan fingerprint density at radius 3 is 2.83 bits per heavy atom. The molecule has 0 spiro atoms. The predicted octanol–water partition coefficient (Wildman–Crippen LogP) is 1.33. The van der Waals surface area contributed by atoms with Gasteiger partial charge < -0.3 is 5.73 Å². The maximum atomic E-state index is 11.9. The summed E-state index contributed by atoms with van der Waals surface area (Å²) < 4.78 is 24.8. The Morgan fingerprint density at radius 2 is 2.17 bits per heavy atom. The molecule has 0 radical (unpaired) electrons. The monoisotopic (exact) mass is 288 g/mol. The Bertz CT molecular complexity index is 499. The highest BCUT2D eigenvalue weighted by Crippen LogP contribution is 2.25. The molecule has 0 amide bonds. The summed E-state index contributed by atoms with van der Waals surface area (Å²) in [5.41, 5.74) is 6.47. The van der Waals surface area contributed by atoms with Crippen LogP contribution in [0.25, 0.3) is 0 Å². The third-order valence-corrected chi connectivity index (χ3v) is 5.53. The fourth-order valence-corrected chi connectivity index (χ4v) is 4.27. The van der Waals surface area contributed by atoms with E-state index in [1.807, 2.05) is 18.2 Å². The fraction of sp³-hybridized carbons (Fsp3) is 0.455. The van der Waals surface area contributed by atoms with Crippen LogP contribution in [0, 0.1) is 0 Å². The lowest BCUT2D eigenvalue weighted by Gasteiger charge is -2.13. The van der Waals surface area contributed by atoms with E-state index in [4.69, 9.17) is 10.6 Å². The summed E-state index contributed by atoms with van der Waals surface area (Å²) in [6.45, 7) is 0.943. The van der Waals surface area contributed by atoms with Crippen LogP contribution in [0.15, 0.2) is 29.2 Å². The third kappa shape index (κ3) is 3.38. The van der Waals surface area contributed by atoms with Gasteiger partial charge in [0, 0.05) is 22.9 Å². The number of rotatable bonds is 5. The predicted molar refractivity (Wildman–Crippen MR) is 72.6 cm³/mol. The molecule has 7 heteroatoms. The number of anilines is 1. The van der Waals surface area contributed by atoms with E-state index in [0.717, 1.165) is 15.8 Å². The maximum absolute atomic E-state index is 11.9. The fourth-order valence-electron chi connectivity index (χ4n) is 1.61. The van der Waals surface area contributed by atoms with Crippen molar-refractivity contribution in [3.05, 3.63) is 24.3 Å². The molecule has 1 saturated heterocycles. The average Bonchev–Trinajstić information content (AvgIpc) is 2.86. The Morgan fingerprint density at radius 1 is 1.39 bits per heavy atom. The van der Waals surface area contributed by atoms with E-state index in [0.29, 0.717) is 24.6 Å². The molecule has 0 aromatic heterocycles. The summed E-state index contributed by atoms with van der Waals surface area (Å²) in [6.07, 6.45) is 0.762. The Kier molecular flexibility index (Phi) is 4.50. The van der Waals surface area contributed by atoms with E-state index in [1.165, 1.54) is 11.8 Å². The van der Waals surface area contributed by atoms with Crippen LogP contribution in [-0.2, 0) is 14.9 Å². The number of nitrogens with two attached hydrogens (primary N) is 1. The summed E-state index contributed by atoms with van der Waals surface area (Å²) in [6, 6.07) is 7.43. The molecular weight excluding hydrogens is 272 g/mol. The Hall–Kier alpha value is -0.760. The quantitative estimate of drug-likeness (QED) is 0.653. The Labute approximate surface area is 111 Å². The number of hydrogen-bond donors (Lipinski definition) is 1. The second-order valence-electron chi connectivity index (χ2n) is 3.92. The first-order valence-electron chi connectivity index (χ1n) is 5.70. The van der Waals surface area contributed by atoms with Crippen LogP contribution in [0.1, 0.15) is 6.42 Å². The van der Waals surface area contributed by atoms with Gasteiger partial charge in [-0.3, -0.25) is 4.84 Å². The first kappa shape index (κ1) is 13.7.